The number of carboxylic acid groups (broad SMARTS) is 1. The van der Waals surface area contributed by atoms with Crippen molar-refractivity contribution < 1.29 is 24.2 Å². The van der Waals surface area contributed by atoms with Gasteiger partial charge in [-0.05, 0) is 93.5 Å². The molecule has 6 rings (SSSR count). The maximum Gasteiger partial charge on any atom is 0.306 e. The van der Waals surface area contributed by atoms with Crippen molar-refractivity contribution >= 4 is 29.1 Å². The number of benzene rings is 2. The molecule has 11 heteroatoms. The van der Waals surface area contributed by atoms with E-state index in [1.54, 1.807) is 0 Å². The average Bonchev–Trinajstić information content (AvgIpc) is 3.12. The molecule has 4 heterocycles. The number of ketones is 1. The fraction of sp³-hybridized carbons (Fsp3) is 0.526. The number of aliphatic hydroxyl groups excluding tert-OH is 1. The standard InChI is InChI=1S/C38H49FN6O4/c1-26-8-4-5-20-45(26)36-34(39)35(40-25-41-36)43-19-7-12-31(24-43)33(46)13-6-11-29(37(47)48)22-27-14-16-32(17-15-27)42-38(49)44-21-18-28-9-2-3-10-30(28)23-44/h2-3,9-10,14-17,25-26,29,31,38,42,49H,4-8,11-13,18-24H2,1H3,(H,47,48)/t26?,29-,31?,38?/m0/s1. The summed E-state index contributed by atoms with van der Waals surface area (Å²) in [4.78, 5) is 39.9. The Labute approximate surface area is 288 Å². The van der Waals surface area contributed by atoms with Crippen molar-refractivity contribution in [2.75, 3.05) is 41.3 Å². The predicted molar refractivity (Wildman–Crippen MR) is 188 cm³/mol. The first-order valence-corrected chi connectivity index (χ1v) is 17.9. The third-order valence-electron chi connectivity index (χ3n) is 10.6. The molecule has 0 aliphatic carbocycles. The largest absolute Gasteiger partial charge is 0.481 e. The van der Waals surface area contributed by atoms with E-state index in [9.17, 15) is 19.8 Å². The summed E-state index contributed by atoms with van der Waals surface area (Å²) in [6.07, 6.45) is 7.66. The first-order valence-electron chi connectivity index (χ1n) is 17.9. The molecule has 1 aromatic heterocycles. The van der Waals surface area contributed by atoms with E-state index in [-0.39, 0.29) is 23.6 Å². The van der Waals surface area contributed by atoms with E-state index in [4.69, 9.17) is 0 Å². The Morgan fingerprint density at radius 3 is 2.53 bits per heavy atom. The van der Waals surface area contributed by atoms with Gasteiger partial charge in [0.25, 0.3) is 0 Å². The lowest BCUT2D eigenvalue weighted by molar-refractivity contribution is -0.142. The molecular weight excluding hydrogens is 623 g/mol. The molecule has 3 N–H and O–H groups in total. The number of aliphatic hydroxyl groups is 1. The van der Waals surface area contributed by atoms with Gasteiger partial charge in [-0.3, -0.25) is 14.5 Å². The summed E-state index contributed by atoms with van der Waals surface area (Å²) in [5, 5.41) is 23.9. The number of hydrogen-bond donors (Lipinski definition) is 3. The fourth-order valence-corrected chi connectivity index (χ4v) is 7.65. The van der Waals surface area contributed by atoms with Crippen LogP contribution in [0.1, 0.15) is 75.0 Å². The first kappa shape index (κ1) is 34.8. The van der Waals surface area contributed by atoms with Crippen LogP contribution in [0.25, 0.3) is 0 Å². The lowest BCUT2D eigenvalue weighted by atomic mass is 9.88. The molecule has 0 spiro atoms. The normalized spacial score (nSPS) is 21.1. The minimum absolute atomic E-state index is 0.0966. The van der Waals surface area contributed by atoms with E-state index >= 15 is 4.39 Å². The number of carbonyl (C=O) groups excluding carboxylic acids is 1. The maximum atomic E-state index is 15.7. The lowest BCUT2D eigenvalue weighted by Gasteiger charge is -2.36. The molecule has 262 valence electrons. The molecule has 2 saturated heterocycles. The zero-order valence-electron chi connectivity index (χ0n) is 28.4. The SMILES string of the molecule is CC1CCCCN1c1ncnc(N2CCCC(C(=O)CCC[C@@H](Cc3ccc(NC(O)N4CCc5ccccc5C4)cc3)C(=O)O)C2)c1F. The van der Waals surface area contributed by atoms with Gasteiger partial charge in [0, 0.05) is 56.8 Å². The number of anilines is 3. The molecule has 3 aliphatic heterocycles. The summed E-state index contributed by atoms with van der Waals surface area (Å²) in [6.45, 7) is 5.34. The van der Waals surface area contributed by atoms with Crippen LogP contribution in [-0.4, -0.2) is 75.4 Å². The highest BCUT2D eigenvalue weighted by atomic mass is 19.1. The summed E-state index contributed by atoms with van der Waals surface area (Å²) in [5.41, 5.74) is 4.19. The second-order valence-corrected chi connectivity index (χ2v) is 14.0. The van der Waals surface area contributed by atoms with Crippen molar-refractivity contribution in [2.24, 2.45) is 11.8 Å². The van der Waals surface area contributed by atoms with Crippen molar-refractivity contribution in [1.82, 2.24) is 14.9 Å². The Morgan fingerprint density at radius 2 is 1.76 bits per heavy atom. The molecule has 0 saturated carbocycles. The molecule has 2 aromatic carbocycles. The van der Waals surface area contributed by atoms with Crippen LogP contribution in [0.5, 0.6) is 0 Å². The third-order valence-corrected chi connectivity index (χ3v) is 10.6. The summed E-state index contributed by atoms with van der Waals surface area (Å²) < 4.78 is 15.7. The molecule has 0 amide bonds. The van der Waals surface area contributed by atoms with Crippen LogP contribution >= 0.6 is 0 Å². The minimum Gasteiger partial charge on any atom is -0.481 e. The van der Waals surface area contributed by atoms with Crippen molar-refractivity contribution in [3.05, 3.63) is 77.4 Å². The van der Waals surface area contributed by atoms with Crippen LogP contribution in [0, 0.1) is 17.7 Å². The molecule has 4 atom stereocenters. The van der Waals surface area contributed by atoms with E-state index in [1.165, 1.54) is 17.5 Å². The van der Waals surface area contributed by atoms with Crippen molar-refractivity contribution in [1.29, 1.82) is 0 Å². The number of nitrogens with zero attached hydrogens (tertiary/aromatic N) is 5. The van der Waals surface area contributed by atoms with E-state index < -0.39 is 24.1 Å². The van der Waals surface area contributed by atoms with Crippen LogP contribution in [0.4, 0.5) is 21.7 Å². The van der Waals surface area contributed by atoms with Crippen LogP contribution in [-0.2, 0) is 29.0 Å². The Balaban J connectivity index is 0.976. The van der Waals surface area contributed by atoms with Gasteiger partial charge in [-0.25, -0.2) is 9.97 Å². The molecule has 49 heavy (non-hydrogen) atoms. The number of carboxylic acids is 1. The van der Waals surface area contributed by atoms with E-state index in [0.29, 0.717) is 51.1 Å². The van der Waals surface area contributed by atoms with Crippen LogP contribution in [0.2, 0.25) is 0 Å². The number of aliphatic carboxylic acids is 1. The zero-order valence-corrected chi connectivity index (χ0v) is 28.4. The number of Topliss-reactive ketones (excluding diaryl/α,β-unsaturated/α-hetero) is 1. The molecule has 2 fully saturated rings. The van der Waals surface area contributed by atoms with Gasteiger partial charge in [0.05, 0.1) is 5.92 Å². The number of piperidine rings is 2. The zero-order chi connectivity index (χ0) is 34.3. The van der Waals surface area contributed by atoms with Crippen molar-refractivity contribution in [2.45, 2.75) is 90.1 Å². The van der Waals surface area contributed by atoms with Gasteiger partial charge in [-0.2, -0.15) is 4.39 Å². The predicted octanol–water partition coefficient (Wildman–Crippen LogP) is 5.64. The Morgan fingerprint density at radius 1 is 0.980 bits per heavy atom. The quantitative estimate of drug-likeness (QED) is 0.197. The lowest BCUT2D eigenvalue weighted by Crippen LogP contribution is -2.43. The van der Waals surface area contributed by atoms with Crippen LogP contribution in [0.3, 0.4) is 0 Å². The van der Waals surface area contributed by atoms with Crippen LogP contribution < -0.4 is 15.1 Å². The molecule has 0 bridgehead atoms. The highest BCUT2D eigenvalue weighted by Crippen LogP contribution is 2.32. The summed E-state index contributed by atoms with van der Waals surface area (Å²) >= 11 is 0. The fourth-order valence-electron chi connectivity index (χ4n) is 7.65. The summed E-state index contributed by atoms with van der Waals surface area (Å²) in [6, 6.07) is 16.0. The van der Waals surface area contributed by atoms with Crippen LogP contribution in [0.15, 0.2) is 54.9 Å². The molecule has 3 unspecified atom stereocenters. The highest BCUT2D eigenvalue weighted by molar-refractivity contribution is 5.82. The average molecular weight is 673 g/mol. The Hall–Kier alpha value is -4.09. The topological polar surface area (TPSA) is 122 Å². The van der Waals surface area contributed by atoms with Gasteiger partial charge in [0.15, 0.2) is 18.0 Å². The second-order valence-electron chi connectivity index (χ2n) is 14.0. The van der Waals surface area contributed by atoms with E-state index in [0.717, 1.165) is 62.9 Å². The number of nitrogens with one attached hydrogen (secondary N) is 1. The number of halogens is 1. The van der Waals surface area contributed by atoms with Gasteiger partial charge in [-0.15, -0.1) is 0 Å². The van der Waals surface area contributed by atoms with Gasteiger partial charge in [0.1, 0.15) is 12.1 Å². The maximum absolute atomic E-state index is 15.7. The van der Waals surface area contributed by atoms with Gasteiger partial charge in [0.2, 0.25) is 5.82 Å². The van der Waals surface area contributed by atoms with E-state index in [1.807, 2.05) is 51.1 Å². The monoisotopic (exact) mass is 672 g/mol. The Bertz CT molecular complexity index is 1590. The first-order chi connectivity index (χ1) is 23.8. The van der Waals surface area contributed by atoms with Gasteiger partial charge >= 0.3 is 5.97 Å². The number of hydrogen-bond acceptors (Lipinski definition) is 9. The van der Waals surface area contributed by atoms with E-state index in [2.05, 4.69) is 34.3 Å². The summed E-state index contributed by atoms with van der Waals surface area (Å²) in [7, 11) is 0. The molecule has 0 radical (unpaired) electrons. The number of carbonyl (C=O) groups is 2. The van der Waals surface area contributed by atoms with Crippen molar-refractivity contribution in [3.63, 3.8) is 0 Å². The third kappa shape index (κ3) is 8.56. The molecule has 10 nitrogen and oxygen atoms in total. The number of fused-ring (bicyclic) bond motifs is 1. The molecular formula is C38H49FN6O4. The Kier molecular flexibility index (Phi) is 11.4. The van der Waals surface area contributed by atoms with Gasteiger partial charge in [-0.1, -0.05) is 36.4 Å². The minimum atomic E-state index is -0.877. The molecule has 3 aromatic rings. The number of aromatic nitrogens is 2. The summed E-state index contributed by atoms with van der Waals surface area (Å²) in [5.74, 6) is -1.44. The molecule has 3 aliphatic rings. The smallest absolute Gasteiger partial charge is 0.306 e. The number of rotatable bonds is 13. The highest BCUT2D eigenvalue weighted by Gasteiger charge is 2.31. The van der Waals surface area contributed by atoms with Crippen molar-refractivity contribution in [3.8, 4) is 0 Å². The second kappa shape index (κ2) is 16.1. The van der Waals surface area contributed by atoms with Gasteiger partial charge < -0.3 is 25.3 Å².